The lowest BCUT2D eigenvalue weighted by Crippen LogP contribution is -2.08. The zero-order valence-electron chi connectivity index (χ0n) is 7.25. The summed E-state index contributed by atoms with van der Waals surface area (Å²) in [7, 11) is 0. The Morgan fingerprint density at radius 3 is 3.00 bits per heavy atom. The summed E-state index contributed by atoms with van der Waals surface area (Å²) < 4.78 is 5.57. The van der Waals surface area contributed by atoms with Gasteiger partial charge in [-0.2, -0.15) is 0 Å². The van der Waals surface area contributed by atoms with Crippen molar-refractivity contribution in [2.45, 2.75) is 38.0 Å². The second-order valence-corrected chi connectivity index (χ2v) is 4.15. The summed E-state index contributed by atoms with van der Waals surface area (Å²) in [4.78, 5) is 0. The van der Waals surface area contributed by atoms with Gasteiger partial charge in [0.25, 0.3) is 0 Å². The fraction of sp³-hybridized carbons (Fsp3) is 0.636. The molecule has 1 nitrogen and oxygen atoms in total. The molecule has 1 unspecified atom stereocenters. The van der Waals surface area contributed by atoms with E-state index in [9.17, 15) is 0 Å². The molecule has 0 radical (unpaired) electrons. The molecular weight excluding hydrogens is 148 g/mol. The quantitative estimate of drug-likeness (QED) is 0.618. The maximum atomic E-state index is 5.57. The third kappa shape index (κ3) is 0.921. The molecule has 0 spiro atoms. The van der Waals surface area contributed by atoms with Gasteiger partial charge in [-0.3, -0.25) is 0 Å². The molecule has 0 aliphatic heterocycles. The minimum absolute atomic E-state index is 0.781. The summed E-state index contributed by atoms with van der Waals surface area (Å²) in [5.74, 6) is 3.07. The fourth-order valence-corrected chi connectivity index (χ4v) is 2.47. The Bertz CT molecular complexity index is 283. The number of rotatable bonds is 1. The predicted octanol–water partition coefficient (Wildman–Crippen LogP) is 3.11. The van der Waals surface area contributed by atoms with Gasteiger partial charge in [0.2, 0.25) is 0 Å². The summed E-state index contributed by atoms with van der Waals surface area (Å²) in [5.41, 5.74) is 1.48. The van der Waals surface area contributed by atoms with Crippen LogP contribution in [0.15, 0.2) is 16.7 Å². The van der Waals surface area contributed by atoms with Crippen molar-refractivity contribution in [1.82, 2.24) is 0 Å². The Morgan fingerprint density at radius 2 is 2.17 bits per heavy atom. The summed E-state index contributed by atoms with van der Waals surface area (Å²) in [5, 5.41) is 0. The third-order valence-electron chi connectivity index (χ3n) is 3.27. The van der Waals surface area contributed by atoms with Crippen LogP contribution in [0.2, 0.25) is 0 Å². The molecule has 0 amide bonds. The standard InChI is InChI=1S/C11H14O/c1-2-9-6-7-12-11(9)10(3-1)8-4-5-8/h6-8,10H,1-5H2. The molecule has 0 bridgehead atoms. The van der Waals surface area contributed by atoms with E-state index in [4.69, 9.17) is 4.42 Å². The van der Waals surface area contributed by atoms with Crippen molar-refractivity contribution < 1.29 is 4.42 Å². The minimum atomic E-state index is 0.781. The van der Waals surface area contributed by atoms with Crippen molar-refractivity contribution in [3.63, 3.8) is 0 Å². The fourth-order valence-electron chi connectivity index (χ4n) is 2.47. The highest BCUT2D eigenvalue weighted by atomic mass is 16.3. The Morgan fingerprint density at radius 1 is 1.25 bits per heavy atom. The average molecular weight is 162 g/mol. The highest BCUT2D eigenvalue weighted by Gasteiger charge is 2.36. The lowest BCUT2D eigenvalue weighted by atomic mass is 9.85. The molecule has 1 aromatic heterocycles. The SMILES string of the molecule is c1cc2c(o1)C(C1CC1)CCC2. The second-order valence-electron chi connectivity index (χ2n) is 4.15. The first-order valence-electron chi connectivity index (χ1n) is 5.01. The van der Waals surface area contributed by atoms with E-state index in [1.165, 1.54) is 43.4 Å². The predicted molar refractivity (Wildman–Crippen MR) is 47.1 cm³/mol. The van der Waals surface area contributed by atoms with Gasteiger partial charge < -0.3 is 4.42 Å². The van der Waals surface area contributed by atoms with Crippen LogP contribution in [-0.4, -0.2) is 0 Å². The van der Waals surface area contributed by atoms with E-state index in [1.54, 1.807) is 0 Å². The van der Waals surface area contributed by atoms with E-state index in [0.717, 1.165) is 11.8 Å². The molecule has 12 heavy (non-hydrogen) atoms. The number of furan rings is 1. The smallest absolute Gasteiger partial charge is 0.110 e. The van der Waals surface area contributed by atoms with Crippen molar-refractivity contribution >= 4 is 0 Å². The van der Waals surface area contributed by atoms with Gasteiger partial charge in [0.1, 0.15) is 5.76 Å². The molecule has 0 aromatic carbocycles. The molecule has 2 aliphatic rings. The molecule has 3 rings (SSSR count). The van der Waals surface area contributed by atoms with E-state index < -0.39 is 0 Å². The van der Waals surface area contributed by atoms with Gasteiger partial charge in [0, 0.05) is 5.92 Å². The summed E-state index contributed by atoms with van der Waals surface area (Å²) in [6.07, 6.45) is 8.72. The molecule has 1 atom stereocenters. The van der Waals surface area contributed by atoms with Gasteiger partial charge in [-0.15, -0.1) is 0 Å². The van der Waals surface area contributed by atoms with E-state index in [0.29, 0.717) is 0 Å². The highest BCUT2D eigenvalue weighted by Crippen LogP contribution is 2.48. The van der Waals surface area contributed by atoms with Crippen molar-refractivity contribution in [3.8, 4) is 0 Å². The van der Waals surface area contributed by atoms with E-state index >= 15 is 0 Å². The summed E-state index contributed by atoms with van der Waals surface area (Å²) >= 11 is 0. The molecule has 2 aliphatic carbocycles. The van der Waals surface area contributed by atoms with Crippen LogP contribution in [-0.2, 0) is 6.42 Å². The van der Waals surface area contributed by atoms with Gasteiger partial charge in [0.05, 0.1) is 6.26 Å². The van der Waals surface area contributed by atoms with Gasteiger partial charge in [-0.1, -0.05) is 0 Å². The lowest BCUT2D eigenvalue weighted by Gasteiger charge is -2.20. The molecule has 1 fully saturated rings. The first kappa shape index (κ1) is 6.76. The highest BCUT2D eigenvalue weighted by molar-refractivity contribution is 5.25. The van der Waals surface area contributed by atoms with Gasteiger partial charge >= 0.3 is 0 Å². The molecule has 1 heterocycles. The first-order valence-corrected chi connectivity index (χ1v) is 5.01. The maximum Gasteiger partial charge on any atom is 0.110 e. The summed E-state index contributed by atoms with van der Waals surface area (Å²) in [6.45, 7) is 0. The van der Waals surface area contributed by atoms with Crippen LogP contribution < -0.4 is 0 Å². The third-order valence-corrected chi connectivity index (χ3v) is 3.27. The number of fused-ring (bicyclic) bond motifs is 1. The minimum Gasteiger partial charge on any atom is -0.469 e. The average Bonchev–Trinajstić information content (AvgIpc) is 2.82. The molecular formula is C11H14O. The van der Waals surface area contributed by atoms with Gasteiger partial charge in [-0.25, -0.2) is 0 Å². The van der Waals surface area contributed by atoms with Crippen LogP contribution in [0, 0.1) is 5.92 Å². The van der Waals surface area contributed by atoms with E-state index in [2.05, 4.69) is 6.07 Å². The van der Waals surface area contributed by atoms with Crippen molar-refractivity contribution in [1.29, 1.82) is 0 Å². The molecule has 1 saturated carbocycles. The molecule has 64 valence electrons. The van der Waals surface area contributed by atoms with Crippen molar-refractivity contribution in [3.05, 3.63) is 23.7 Å². The molecule has 0 N–H and O–H groups in total. The van der Waals surface area contributed by atoms with Crippen LogP contribution in [0.1, 0.15) is 42.9 Å². The van der Waals surface area contributed by atoms with Crippen LogP contribution in [0.3, 0.4) is 0 Å². The Hall–Kier alpha value is -0.720. The molecule has 1 aromatic rings. The largest absolute Gasteiger partial charge is 0.469 e. The Labute approximate surface area is 72.8 Å². The number of hydrogen-bond donors (Lipinski definition) is 0. The van der Waals surface area contributed by atoms with E-state index in [1.807, 2.05) is 6.26 Å². The second kappa shape index (κ2) is 2.38. The zero-order chi connectivity index (χ0) is 7.97. The van der Waals surface area contributed by atoms with E-state index in [-0.39, 0.29) is 0 Å². The lowest BCUT2D eigenvalue weighted by molar-refractivity contribution is 0.390. The summed E-state index contributed by atoms with van der Waals surface area (Å²) in [6, 6.07) is 2.16. The first-order chi connectivity index (χ1) is 5.95. The molecule has 1 heteroatoms. The van der Waals surface area contributed by atoms with Crippen LogP contribution in [0.5, 0.6) is 0 Å². The molecule has 0 saturated heterocycles. The number of hydrogen-bond acceptors (Lipinski definition) is 1. The van der Waals surface area contributed by atoms with Crippen molar-refractivity contribution in [2.24, 2.45) is 5.92 Å². The van der Waals surface area contributed by atoms with Crippen LogP contribution in [0.4, 0.5) is 0 Å². The van der Waals surface area contributed by atoms with Gasteiger partial charge in [-0.05, 0) is 49.7 Å². The maximum absolute atomic E-state index is 5.57. The monoisotopic (exact) mass is 162 g/mol. The van der Waals surface area contributed by atoms with Crippen LogP contribution in [0.25, 0.3) is 0 Å². The topological polar surface area (TPSA) is 13.1 Å². The number of aryl methyl sites for hydroxylation is 1. The zero-order valence-corrected chi connectivity index (χ0v) is 7.25. The normalized spacial score (nSPS) is 28.5. The van der Waals surface area contributed by atoms with Crippen LogP contribution >= 0.6 is 0 Å². The van der Waals surface area contributed by atoms with Gasteiger partial charge in [0.15, 0.2) is 0 Å². The Balaban J connectivity index is 1.97. The van der Waals surface area contributed by atoms with Crippen molar-refractivity contribution in [2.75, 3.05) is 0 Å². The Kier molecular flexibility index (Phi) is 1.34.